The molecule has 2 aromatic rings. The van der Waals surface area contributed by atoms with E-state index < -0.39 is 18.5 Å². The highest BCUT2D eigenvalue weighted by molar-refractivity contribution is 6.42. The summed E-state index contributed by atoms with van der Waals surface area (Å²) < 4.78 is 4.90. The lowest BCUT2D eigenvalue weighted by molar-refractivity contribution is -0.150. The molecule has 0 spiro atoms. The smallest absolute Gasteiger partial charge is 0.325 e. The standard InChI is InChI=1S/C19H18Cl2N2O4/c1-23(11-13-7-8-15(20)16(21)9-13)17(24)12-27-18(25)10-22-19(26)14-5-3-2-4-6-14/h2-9H,10-12H2,1H3,(H,22,26). The Bertz CT molecular complexity index is 828. The minimum atomic E-state index is -0.699. The number of amides is 2. The van der Waals surface area contributed by atoms with Crippen LogP contribution in [0.4, 0.5) is 0 Å². The summed E-state index contributed by atoms with van der Waals surface area (Å²) in [6.45, 7) is -0.451. The normalized spacial score (nSPS) is 10.2. The highest BCUT2D eigenvalue weighted by Crippen LogP contribution is 2.23. The highest BCUT2D eigenvalue weighted by atomic mass is 35.5. The maximum Gasteiger partial charge on any atom is 0.325 e. The number of carbonyl (C=O) groups is 3. The van der Waals surface area contributed by atoms with E-state index in [2.05, 4.69) is 5.32 Å². The molecule has 0 aromatic heterocycles. The fourth-order valence-electron chi connectivity index (χ4n) is 2.15. The van der Waals surface area contributed by atoms with Gasteiger partial charge in [-0.1, -0.05) is 47.5 Å². The van der Waals surface area contributed by atoms with Crippen molar-refractivity contribution in [1.82, 2.24) is 10.2 Å². The molecule has 0 aliphatic rings. The molecule has 27 heavy (non-hydrogen) atoms. The van der Waals surface area contributed by atoms with Crippen LogP contribution in [0.5, 0.6) is 0 Å². The summed E-state index contributed by atoms with van der Waals surface area (Å²) in [5.74, 6) is -1.48. The van der Waals surface area contributed by atoms with E-state index in [4.69, 9.17) is 27.9 Å². The third-order valence-electron chi connectivity index (χ3n) is 3.62. The SMILES string of the molecule is CN(Cc1ccc(Cl)c(Cl)c1)C(=O)COC(=O)CNC(=O)c1ccccc1. The fraction of sp³-hybridized carbons (Fsp3) is 0.211. The third kappa shape index (κ3) is 6.58. The van der Waals surface area contributed by atoms with Crippen LogP contribution in [0.25, 0.3) is 0 Å². The molecule has 0 saturated heterocycles. The van der Waals surface area contributed by atoms with Crippen LogP contribution in [0.3, 0.4) is 0 Å². The van der Waals surface area contributed by atoms with Crippen molar-refractivity contribution in [3.05, 3.63) is 69.7 Å². The molecule has 6 nitrogen and oxygen atoms in total. The molecule has 0 aliphatic carbocycles. The van der Waals surface area contributed by atoms with Gasteiger partial charge in [0.15, 0.2) is 6.61 Å². The van der Waals surface area contributed by atoms with Crippen molar-refractivity contribution in [2.45, 2.75) is 6.54 Å². The number of benzene rings is 2. The Hall–Kier alpha value is -2.57. The number of halogens is 2. The molecule has 0 heterocycles. The van der Waals surface area contributed by atoms with Gasteiger partial charge in [0.25, 0.3) is 11.8 Å². The van der Waals surface area contributed by atoms with Crippen molar-refractivity contribution in [2.75, 3.05) is 20.2 Å². The zero-order valence-corrected chi connectivity index (χ0v) is 16.1. The van der Waals surface area contributed by atoms with Gasteiger partial charge in [-0.15, -0.1) is 0 Å². The quantitative estimate of drug-likeness (QED) is 0.714. The largest absolute Gasteiger partial charge is 0.454 e. The van der Waals surface area contributed by atoms with E-state index in [0.717, 1.165) is 5.56 Å². The number of hydrogen-bond donors (Lipinski definition) is 1. The first-order valence-corrected chi connectivity index (χ1v) is 8.79. The molecule has 142 valence electrons. The molecule has 0 bridgehead atoms. The van der Waals surface area contributed by atoms with Crippen LogP contribution in [0.15, 0.2) is 48.5 Å². The lowest BCUT2D eigenvalue weighted by Crippen LogP contribution is -2.34. The molecule has 2 rings (SSSR count). The Morgan fingerprint density at radius 3 is 2.41 bits per heavy atom. The van der Waals surface area contributed by atoms with Crippen molar-refractivity contribution in [2.24, 2.45) is 0 Å². The van der Waals surface area contributed by atoms with Crippen molar-refractivity contribution in [3.8, 4) is 0 Å². The molecular formula is C19H18Cl2N2O4. The third-order valence-corrected chi connectivity index (χ3v) is 4.35. The summed E-state index contributed by atoms with van der Waals surface area (Å²) >= 11 is 11.8. The van der Waals surface area contributed by atoms with Crippen molar-refractivity contribution < 1.29 is 19.1 Å². The molecule has 0 saturated carbocycles. The number of likely N-dealkylation sites (N-methyl/N-ethyl adjacent to an activating group) is 1. The van der Waals surface area contributed by atoms with Crippen LogP contribution in [0.2, 0.25) is 10.0 Å². The predicted octanol–water partition coefficient (Wildman–Crippen LogP) is 2.93. The van der Waals surface area contributed by atoms with Crippen molar-refractivity contribution in [3.63, 3.8) is 0 Å². The molecule has 0 aliphatic heterocycles. The maximum atomic E-state index is 12.1. The second kappa shape index (κ2) is 9.94. The first-order chi connectivity index (χ1) is 12.9. The van der Waals surface area contributed by atoms with Gasteiger partial charge < -0.3 is 15.0 Å². The number of rotatable bonds is 7. The number of esters is 1. The van der Waals surface area contributed by atoms with Gasteiger partial charge in [0, 0.05) is 19.2 Å². The van der Waals surface area contributed by atoms with Gasteiger partial charge in [0.1, 0.15) is 6.54 Å². The molecule has 0 unspecified atom stereocenters. The van der Waals surface area contributed by atoms with Crippen LogP contribution >= 0.6 is 23.2 Å². The van der Waals surface area contributed by atoms with E-state index in [1.54, 1.807) is 55.6 Å². The van der Waals surface area contributed by atoms with Gasteiger partial charge in [-0.25, -0.2) is 0 Å². The monoisotopic (exact) mass is 408 g/mol. The second-order valence-corrected chi connectivity index (χ2v) is 6.52. The summed E-state index contributed by atoms with van der Waals surface area (Å²) in [7, 11) is 1.58. The van der Waals surface area contributed by atoms with Gasteiger partial charge in [-0.3, -0.25) is 14.4 Å². The molecule has 0 atom stereocenters. The minimum absolute atomic E-state index is 0.290. The summed E-state index contributed by atoms with van der Waals surface area (Å²) in [5.41, 5.74) is 1.23. The molecule has 2 aromatic carbocycles. The van der Waals surface area contributed by atoms with E-state index >= 15 is 0 Å². The minimum Gasteiger partial charge on any atom is -0.454 e. The van der Waals surface area contributed by atoms with Crippen LogP contribution in [0.1, 0.15) is 15.9 Å². The molecule has 8 heteroatoms. The van der Waals surface area contributed by atoms with Crippen molar-refractivity contribution >= 4 is 41.0 Å². The topological polar surface area (TPSA) is 75.7 Å². The van der Waals surface area contributed by atoms with Crippen molar-refractivity contribution in [1.29, 1.82) is 0 Å². The van der Waals surface area contributed by atoms with Crippen LogP contribution in [-0.4, -0.2) is 42.9 Å². The van der Waals surface area contributed by atoms with E-state index in [-0.39, 0.29) is 19.0 Å². The fourth-order valence-corrected chi connectivity index (χ4v) is 2.47. The van der Waals surface area contributed by atoms with Crippen LogP contribution < -0.4 is 5.32 Å². The lowest BCUT2D eigenvalue weighted by Gasteiger charge is -2.17. The zero-order chi connectivity index (χ0) is 19.8. The van der Waals surface area contributed by atoms with E-state index in [1.807, 2.05) is 0 Å². The summed E-state index contributed by atoms with van der Waals surface area (Å²) in [5, 5.41) is 3.27. The Labute approximate surface area is 167 Å². The Kier molecular flexibility index (Phi) is 7.64. The van der Waals surface area contributed by atoms with Crippen LogP contribution in [-0.2, 0) is 20.9 Å². The molecule has 1 N–H and O–H groups in total. The summed E-state index contributed by atoms with van der Waals surface area (Å²) in [6.07, 6.45) is 0. The number of carbonyl (C=O) groups excluding carboxylic acids is 3. The maximum absolute atomic E-state index is 12.1. The second-order valence-electron chi connectivity index (χ2n) is 5.71. The van der Waals surface area contributed by atoms with Gasteiger partial charge in [-0.2, -0.15) is 0 Å². The Morgan fingerprint density at radius 2 is 1.74 bits per heavy atom. The van der Waals surface area contributed by atoms with E-state index in [1.165, 1.54) is 4.90 Å². The molecule has 0 fully saturated rings. The number of hydrogen-bond acceptors (Lipinski definition) is 4. The molecule has 0 radical (unpaired) electrons. The lowest BCUT2D eigenvalue weighted by atomic mass is 10.2. The Morgan fingerprint density at radius 1 is 1.04 bits per heavy atom. The van der Waals surface area contributed by atoms with Gasteiger partial charge in [-0.05, 0) is 29.8 Å². The first kappa shape index (κ1) is 20.7. The Balaban J connectivity index is 1.74. The zero-order valence-electron chi connectivity index (χ0n) is 14.6. The predicted molar refractivity (Wildman–Crippen MR) is 103 cm³/mol. The van der Waals surface area contributed by atoms with Crippen LogP contribution in [0, 0.1) is 0 Å². The highest BCUT2D eigenvalue weighted by Gasteiger charge is 2.14. The molecule has 2 amide bonds. The number of ether oxygens (including phenoxy) is 1. The average Bonchev–Trinajstić information content (AvgIpc) is 2.67. The molecular weight excluding hydrogens is 391 g/mol. The van der Waals surface area contributed by atoms with E-state index in [0.29, 0.717) is 15.6 Å². The van der Waals surface area contributed by atoms with Gasteiger partial charge in [0.2, 0.25) is 0 Å². The number of nitrogens with zero attached hydrogens (tertiary/aromatic N) is 1. The van der Waals surface area contributed by atoms with Gasteiger partial charge >= 0.3 is 5.97 Å². The summed E-state index contributed by atoms with van der Waals surface area (Å²) in [4.78, 5) is 37.0. The average molecular weight is 409 g/mol. The van der Waals surface area contributed by atoms with Gasteiger partial charge in [0.05, 0.1) is 10.0 Å². The van der Waals surface area contributed by atoms with E-state index in [9.17, 15) is 14.4 Å². The summed E-state index contributed by atoms with van der Waals surface area (Å²) in [6, 6.07) is 13.5. The number of nitrogens with one attached hydrogen (secondary N) is 1. The first-order valence-electron chi connectivity index (χ1n) is 8.03.